The predicted octanol–water partition coefficient (Wildman–Crippen LogP) is -0.322. The molecule has 5 heteroatoms. The van der Waals surface area contributed by atoms with Gasteiger partial charge >= 0.3 is 0 Å². The second-order valence-corrected chi connectivity index (χ2v) is 4.73. The van der Waals surface area contributed by atoms with Gasteiger partial charge in [0.1, 0.15) is 0 Å². The van der Waals surface area contributed by atoms with Gasteiger partial charge in [0.15, 0.2) is 0 Å². The van der Waals surface area contributed by atoms with Gasteiger partial charge in [0.2, 0.25) is 0 Å². The zero-order valence-electron chi connectivity index (χ0n) is 7.52. The molecule has 0 saturated carbocycles. The molecule has 2 atom stereocenters. The van der Waals surface area contributed by atoms with E-state index in [-0.39, 0.29) is 23.6 Å². The van der Waals surface area contributed by atoms with Crippen LogP contribution in [0.4, 0.5) is 0 Å². The highest BCUT2D eigenvalue weighted by Crippen LogP contribution is 2.06. The molecule has 1 aliphatic rings. The quantitative estimate of drug-likeness (QED) is 0.588. The third-order valence-corrected chi connectivity index (χ3v) is 3.19. The molecule has 13 heavy (non-hydrogen) atoms. The van der Waals surface area contributed by atoms with Crippen molar-refractivity contribution in [2.75, 3.05) is 12.8 Å². The lowest BCUT2D eigenvalue weighted by Crippen LogP contribution is -2.37. The van der Waals surface area contributed by atoms with Crippen molar-refractivity contribution in [3.63, 3.8) is 0 Å². The standard InChI is InChI=1S/C8H11NO3S/c1-6(13(2)12)5-9-7(10)3-4-8(9)11/h3-4,6H,5H2,1-2H3. The highest BCUT2D eigenvalue weighted by molar-refractivity contribution is 7.84. The second kappa shape index (κ2) is 3.83. The summed E-state index contributed by atoms with van der Waals surface area (Å²) >= 11 is 0. The van der Waals surface area contributed by atoms with Crippen LogP contribution >= 0.6 is 0 Å². The van der Waals surface area contributed by atoms with Crippen molar-refractivity contribution in [1.29, 1.82) is 0 Å². The van der Waals surface area contributed by atoms with Crippen LogP contribution in [0.5, 0.6) is 0 Å². The Balaban J connectivity index is 2.60. The zero-order chi connectivity index (χ0) is 10.0. The normalized spacial score (nSPS) is 20.9. The van der Waals surface area contributed by atoms with E-state index in [1.165, 1.54) is 12.2 Å². The molecule has 0 aliphatic carbocycles. The van der Waals surface area contributed by atoms with Crippen LogP contribution < -0.4 is 0 Å². The van der Waals surface area contributed by atoms with Gasteiger partial charge in [-0.2, -0.15) is 0 Å². The van der Waals surface area contributed by atoms with Crippen molar-refractivity contribution in [2.45, 2.75) is 12.2 Å². The lowest BCUT2D eigenvalue weighted by molar-refractivity contribution is -0.136. The van der Waals surface area contributed by atoms with Crippen molar-refractivity contribution < 1.29 is 13.8 Å². The van der Waals surface area contributed by atoms with E-state index in [0.717, 1.165) is 4.90 Å². The lowest BCUT2D eigenvalue weighted by atomic mass is 10.4. The van der Waals surface area contributed by atoms with Gasteiger partial charge in [0.25, 0.3) is 11.8 Å². The van der Waals surface area contributed by atoms with E-state index in [4.69, 9.17) is 0 Å². The first kappa shape index (κ1) is 10.1. The van der Waals surface area contributed by atoms with E-state index in [0.29, 0.717) is 0 Å². The first-order valence-electron chi connectivity index (χ1n) is 3.88. The zero-order valence-corrected chi connectivity index (χ0v) is 8.34. The van der Waals surface area contributed by atoms with Crippen molar-refractivity contribution in [3.05, 3.63) is 12.2 Å². The predicted molar refractivity (Wildman–Crippen MR) is 49.4 cm³/mol. The molecule has 0 spiro atoms. The molecule has 0 bridgehead atoms. The Morgan fingerprint density at radius 2 is 1.85 bits per heavy atom. The van der Waals surface area contributed by atoms with Crippen LogP contribution in [0.2, 0.25) is 0 Å². The first-order chi connectivity index (χ1) is 6.02. The monoisotopic (exact) mass is 201 g/mol. The number of carbonyl (C=O) groups is 2. The van der Waals surface area contributed by atoms with Gasteiger partial charge in [-0.15, -0.1) is 0 Å². The Bertz CT molecular complexity index is 280. The van der Waals surface area contributed by atoms with Crippen molar-refractivity contribution in [3.8, 4) is 0 Å². The number of amides is 2. The largest absolute Gasteiger partial charge is 0.274 e. The molecule has 2 unspecified atom stereocenters. The number of rotatable bonds is 3. The second-order valence-electron chi connectivity index (χ2n) is 2.93. The molecular formula is C8H11NO3S. The Morgan fingerprint density at radius 3 is 2.23 bits per heavy atom. The average molecular weight is 201 g/mol. The van der Waals surface area contributed by atoms with Gasteiger partial charge in [-0.1, -0.05) is 0 Å². The Kier molecular flexibility index (Phi) is 2.98. The van der Waals surface area contributed by atoms with Crippen LogP contribution in [0.25, 0.3) is 0 Å². The van der Waals surface area contributed by atoms with Gasteiger partial charge in [-0.3, -0.25) is 18.7 Å². The molecule has 1 heterocycles. The van der Waals surface area contributed by atoms with E-state index in [9.17, 15) is 13.8 Å². The molecule has 0 aromatic heterocycles. The van der Waals surface area contributed by atoms with Crippen LogP contribution in [0, 0.1) is 0 Å². The number of hydrogen-bond acceptors (Lipinski definition) is 3. The van der Waals surface area contributed by atoms with Crippen LogP contribution in [0.1, 0.15) is 6.92 Å². The minimum absolute atomic E-state index is 0.173. The fourth-order valence-corrected chi connectivity index (χ4v) is 1.33. The van der Waals surface area contributed by atoms with Gasteiger partial charge < -0.3 is 0 Å². The summed E-state index contributed by atoms with van der Waals surface area (Å²) in [4.78, 5) is 23.2. The lowest BCUT2D eigenvalue weighted by Gasteiger charge is -2.17. The summed E-state index contributed by atoms with van der Waals surface area (Å²) in [6.07, 6.45) is 4.02. The van der Waals surface area contributed by atoms with Crippen molar-refractivity contribution in [2.24, 2.45) is 0 Å². The molecule has 0 fully saturated rings. The van der Waals surface area contributed by atoms with E-state index < -0.39 is 10.8 Å². The fourth-order valence-electron chi connectivity index (χ4n) is 0.973. The summed E-state index contributed by atoms with van der Waals surface area (Å²) in [5.41, 5.74) is 0. The number of nitrogens with zero attached hydrogens (tertiary/aromatic N) is 1. The highest BCUT2D eigenvalue weighted by Gasteiger charge is 2.25. The summed E-state index contributed by atoms with van der Waals surface area (Å²) in [5, 5.41) is -0.173. The van der Waals surface area contributed by atoms with Crippen LogP contribution in [0.3, 0.4) is 0 Å². The van der Waals surface area contributed by atoms with Crippen LogP contribution in [-0.2, 0) is 20.4 Å². The molecule has 2 amide bonds. The first-order valence-corrected chi connectivity index (χ1v) is 5.50. The van der Waals surface area contributed by atoms with Crippen molar-refractivity contribution >= 4 is 22.6 Å². The summed E-state index contributed by atoms with van der Waals surface area (Å²) in [7, 11) is -1.01. The van der Waals surface area contributed by atoms with Gasteiger partial charge in [-0.25, -0.2) is 0 Å². The number of hydrogen-bond donors (Lipinski definition) is 0. The molecule has 1 aliphatic heterocycles. The van der Waals surface area contributed by atoms with Gasteiger partial charge in [0, 0.05) is 41.0 Å². The third kappa shape index (κ3) is 2.24. The molecule has 0 N–H and O–H groups in total. The van der Waals surface area contributed by atoms with Gasteiger partial charge in [-0.05, 0) is 6.92 Å². The van der Waals surface area contributed by atoms with Crippen molar-refractivity contribution in [1.82, 2.24) is 4.90 Å². The molecule has 72 valence electrons. The summed E-state index contributed by atoms with van der Waals surface area (Å²) < 4.78 is 11.0. The minimum Gasteiger partial charge on any atom is -0.274 e. The molecule has 1 rings (SSSR count). The topological polar surface area (TPSA) is 54.5 Å². The maximum atomic E-state index is 11.1. The smallest absolute Gasteiger partial charge is 0.253 e. The third-order valence-electron chi connectivity index (χ3n) is 1.91. The fraction of sp³-hybridized carbons (Fsp3) is 0.500. The maximum absolute atomic E-state index is 11.1. The Labute approximate surface area is 79.1 Å². The van der Waals surface area contributed by atoms with Crippen LogP contribution in [0.15, 0.2) is 12.2 Å². The number of carbonyl (C=O) groups excluding carboxylic acids is 2. The molecule has 0 aromatic rings. The van der Waals surface area contributed by atoms with E-state index in [1.54, 1.807) is 13.2 Å². The molecule has 0 saturated heterocycles. The van der Waals surface area contributed by atoms with E-state index >= 15 is 0 Å². The van der Waals surface area contributed by atoms with Gasteiger partial charge in [0.05, 0.1) is 0 Å². The maximum Gasteiger partial charge on any atom is 0.253 e. The number of imide groups is 1. The molecular weight excluding hydrogens is 190 g/mol. The summed E-state index contributed by atoms with van der Waals surface area (Å²) in [6.45, 7) is 1.97. The van der Waals surface area contributed by atoms with Crippen LogP contribution in [-0.4, -0.2) is 39.0 Å². The molecule has 4 nitrogen and oxygen atoms in total. The van der Waals surface area contributed by atoms with E-state index in [2.05, 4.69) is 0 Å². The average Bonchev–Trinajstić information content (AvgIpc) is 2.35. The highest BCUT2D eigenvalue weighted by atomic mass is 32.2. The summed E-state index contributed by atoms with van der Waals surface area (Å²) in [6, 6.07) is 0. The van der Waals surface area contributed by atoms with E-state index in [1.807, 2.05) is 0 Å². The summed E-state index contributed by atoms with van der Waals surface area (Å²) in [5.74, 6) is -0.635. The SMILES string of the molecule is CC(CN1C(=O)C=CC1=O)S(C)=O. The Morgan fingerprint density at radius 1 is 1.38 bits per heavy atom. The Hall–Kier alpha value is -0.970. The molecule has 0 aromatic carbocycles. The minimum atomic E-state index is -1.01. The molecule has 0 radical (unpaired) electrons.